The molecule has 3 N–H and O–H groups in total. The number of nitrogens with one attached hydrogen (secondary N) is 1. The van der Waals surface area contributed by atoms with Gasteiger partial charge in [-0.2, -0.15) is 0 Å². The maximum absolute atomic E-state index is 6.30. The first-order valence-electron chi connectivity index (χ1n) is 7.85. The summed E-state index contributed by atoms with van der Waals surface area (Å²) in [5, 5.41) is 5.67. The molecule has 5 nitrogen and oxygen atoms in total. The molecule has 2 heterocycles. The smallest absolute Gasteiger partial charge is 0.158 e. The average Bonchev–Trinajstić information content (AvgIpc) is 2.67. The molecule has 0 amide bonds. The molecule has 0 aliphatic rings. The Bertz CT molecular complexity index is 1060. The van der Waals surface area contributed by atoms with Crippen LogP contribution in [0.4, 0.5) is 17.2 Å². The van der Waals surface area contributed by atoms with Crippen molar-refractivity contribution in [2.45, 2.75) is 9.92 Å². The normalized spacial score (nSPS) is 10.8. The lowest BCUT2D eigenvalue weighted by Gasteiger charge is -2.12. The summed E-state index contributed by atoms with van der Waals surface area (Å²) >= 11 is 7.40. The first-order chi connectivity index (χ1) is 12.7. The maximum atomic E-state index is 6.30. The van der Waals surface area contributed by atoms with Gasteiger partial charge in [0.25, 0.3) is 0 Å². The Balaban J connectivity index is 1.66. The number of nitrogen functional groups attached to an aromatic ring is 1. The minimum absolute atomic E-state index is 0.494. The highest BCUT2D eigenvalue weighted by molar-refractivity contribution is 7.99. The van der Waals surface area contributed by atoms with Crippen LogP contribution >= 0.6 is 23.4 Å². The number of pyridine rings is 1. The molecule has 0 radical (unpaired) electrons. The van der Waals surface area contributed by atoms with Crippen LogP contribution in [0.1, 0.15) is 0 Å². The van der Waals surface area contributed by atoms with Gasteiger partial charge in [0.1, 0.15) is 17.0 Å². The second-order valence-corrected chi connectivity index (χ2v) is 7.00. The largest absolute Gasteiger partial charge is 0.394 e. The van der Waals surface area contributed by atoms with Gasteiger partial charge in [0.05, 0.1) is 5.52 Å². The van der Waals surface area contributed by atoms with E-state index in [0.29, 0.717) is 21.6 Å². The van der Waals surface area contributed by atoms with E-state index in [4.69, 9.17) is 17.3 Å². The number of benzene rings is 2. The number of aromatic nitrogens is 3. The first kappa shape index (κ1) is 16.6. The molecule has 0 bridgehead atoms. The van der Waals surface area contributed by atoms with Crippen molar-refractivity contribution in [2.75, 3.05) is 11.1 Å². The van der Waals surface area contributed by atoms with E-state index in [-0.39, 0.29) is 0 Å². The average molecular weight is 380 g/mol. The zero-order valence-corrected chi connectivity index (χ0v) is 15.1. The van der Waals surface area contributed by atoms with Gasteiger partial charge in [0.2, 0.25) is 0 Å². The molecule has 0 spiro atoms. The molecule has 0 fully saturated rings. The second kappa shape index (κ2) is 7.19. The van der Waals surface area contributed by atoms with Gasteiger partial charge >= 0.3 is 0 Å². The quantitative estimate of drug-likeness (QED) is 0.477. The van der Waals surface area contributed by atoms with E-state index in [1.807, 2.05) is 54.6 Å². The number of hydrogen-bond donors (Lipinski definition) is 2. The Morgan fingerprint density at radius 3 is 2.62 bits per heavy atom. The Kier molecular flexibility index (Phi) is 4.60. The van der Waals surface area contributed by atoms with Crippen LogP contribution in [-0.4, -0.2) is 15.0 Å². The third kappa shape index (κ3) is 3.42. The summed E-state index contributed by atoms with van der Waals surface area (Å²) < 4.78 is 0. The van der Waals surface area contributed by atoms with Crippen LogP contribution in [0.15, 0.2) is 77.0 Å². The summed E-state index contributed by atoms with van der Waals surface area (Å²) in [6, 6.07) is 17.3. The van der Waals surface area contributed by atoms with Gasteiger partial charge in [-0.25, -0.2) is 9.97 Å². The number of nitrogens with zero attached hydrogens (tertiary/aromatic N) is 3. The van der Waals surface area contributed by atoms with E-state index < -0.39 is 0 Å². The molecule has 7 heteroatoms. The number of fused-ring (bicyclic) bond motifs is 1. The predicted molar refractivity (Wildman–Crippen MR) is 107 cm³/mol. The van der Waals surface area contributed by atoms with Gasteiger partial charge in [-0.15, -0.1) is 0 Å². The Hall–Kier alpha value is -2.83. The molecule has 2 aromatic carbocycles. The molecular weight excluding hydrogens is 366 g/mol. The van der Waals surface area contributed by atoms with Crippen molar-refractivity contribution < 1.29 is 0 Å². The Morgan fingerprint density at radius 1 is 0.923 bits per heavy atom. The molecule has 4 aromatic rings. The van der Waals surface area contributed by atoms with Gasteiger partial charge in [-0.1, -0.05) is 29.4 Å². The third-order valence-corrected chi connectivity index (χ3v) is 5.05. The molecule has 26 heavy (non-hydrogen) atoms. The van der Waals surface area contributed by atoms with Crippen molar-refractivity contribution in [3.05, 3.63) is 72.1 Å². The molecule has 0 aliphatic carbocycles. The second-order valence-electron chi connectivity index (χ2n) is 5.50. The van der Waals surface area contributed by atoms with E-state index in [1.165, 1.54) is 18.1 Å². The van der Waals surface area contributed by atoms with Gasteiger partial charge < -0.3 is 11.1 Å². The van der Waals surface area contributed by atoms with E-state index in [2.05, 4.69) is 20.3 Å². The summed E-state index contributed by atoms with van der Waals surface area (Å²) in [5.41, 5.74) is 8.59. The minimum Gasteiger partial charge on any atom is -0.394 e. The highest BCUT2D eigenvalue weighted by Crippen LogP contribution is 2.35. The van der Waals surface area contributed by atoms with Crippen LogP contribution < -0.4 is 11.1 Å². The molecule has 0 saturated carbocycles. The number of nitrogens with two attached hydrogens (primary N) is 1. The zero-order valence-electron chi connectivity index (χ0n) is 13.6. The molecule has 0 saturated heterocycles. The molecule has 2 aromatic heterocycles. The summed E-state index contributed by atoms with van der Waals surface area (Å²) in [4.78, 5) is 14.0. The number of rotatable bonds is 4. The van der Waals surface area contributed by atoms with E-state index in [9.17, 15) is 0 Å². The van der Waals surface area contributed by atoms with Crippen molar-refractivity contribution >= 4 is 51.5 Å². The van der Waals surface area contributed by atoms with E-state index in [0.717, 1.165) is 21.5 Å². The summed E-state index contributed by atoms with van der Waals surface area (Å²) in [6.45, 7) is 0. The van der Waals surface area contributed by atoms with Crippen molar-refractivity contribution in [1.29, 1.82) is 0 Å². The van der Waals surface area contributed by atoms with Crippen LogP contribution in [0, 0.1) is 0 Å². The minimum atomic E-state index is 0.494. The third-order valence-electron chi connectivity index (χ3n) is 3.77. The van der Waals surface area contributed by atoms with Crippen LogP contribution in [-0.2, 0) is 0 Å². The fourth-order valence-corrected chi connectivity index (χ4v) is 3.44. The van der Waals surface area contributed by atoms with Crippen molar-refractivity contribution in [3.8, 4) is 0 Å². The molecule has 0 atom stereocenters. The van der Waals surface area contributed by atoms with Crippen molar-refractivity contribution in [2.24, 2.45) is 0 Å². The van der Waals surface area contributed by atoms with Crippen LogP contribution in [0.25, 0.3) is 10.9 Å². The van der Waals surface area contributed by atoms with E-state index in [1.54, 1.807) is 6.20 Å². The van der Waals surface area contributed by atoms with Gasteiger partial charge in [-0.3, -0.25) is 4.98 Å². The number of halogens is 1. The lowest BCUT2D eigenvalue weighted by Crippen LogP contribution is -2.02. The Labute approximate surface area is 159 Å². The summed E-state index contributed by atoms with van der Waals surface area (Å²) in [6.07, 6.45) is 3.27. The molecule has 0 aliphatic heterocycles. The van der Waals surface area contributed by atoms with Gasteiger partial charge in [-0.05, 0) is 48.5 Å². The molecular formula is C19H14ClN5S. The molecule has 128 valence electrons. The molecule has 4 rings (SSSR count). The Morgan fingerprint density at radius 2 is 1.77 bits per heavy atom. The number of hydrogen-bond acceptors (Lipinski definition) is 6. The van der Waals surface area contributed by atoms with Crippen LogP contribution in [0.5, 0.6) is 0 Å². The number of anilines is 3. The lowest BCUT2D eigenvalue weighted by atomic mass is 10.2. The first-order valence-corrected chi connectivity index (χ1v) is 9.05. The highest BCUT2D eigenvalue weighted by atomic mass is 35.5. The summed E-state index contributed by atoms with van der Waals surface area (Å²) in [7, 11) is 0. The van der Waals surface area contributed by atoms with Crippen molar-refractivity contribution in [1.82, 2.24) is 15.0 Å². The predicted octanol–water partition coefficient (Wildman–Crippen LogP) is 5.16. The monoisotopic (exact) mass is 379 g/mol. The van der Waals surface area contributed by atoms with E-state index >= 15 is 0 Å². The summed E-state index contributed by atoms with van der Waals surface area (Å²) in [5.74, 6) is 0.563. The maximum Gasteiger partial charge on any atom is 0.158 e. The van der Waals surface area contributed by atoms with Gasteiger partial charge in [0, 0.05) is 27.2 Å². The SMILES string of the molecule is Nc1c(Nc2cccc3ncccc23)ncnc1Sc1ccc(Cl)cc1. The van der Waals surface area contributed by atoms with Gasteiger partial charge in [0.15, 0.2) is 5.82 Å². The highest BCUT2D eigenvalue weighted by Gasteiger charge is 2.11. The van der Waals surface area contributed by atoms with Crippen LogP contribution in [0.3, 0.4) is 0 Å². The van der Waals surface area contributed by atoms with Crippen molar-refractivity contribution in [3.63, 3.8) is 0 Å². The fraction of sp³-hybridized carbons (Fsp3) is 0. The fourth-order valence-electron chi connectivity index (χ4n) is 2.51. The zero-order chi connectivity index (χ0) is 17.9. The van der Waals surface area contributed by atoms with Crippen LogP contribution in [0.2, 0.25) is 5.02 Å². The topological polar surface area (TPSA) is 76.7 Å². The molecule has 0 unspecified atom stereocenters. The standard InChI is InChI=1S/C19H14ClN5S/c20-12-6-8-13(9-7-12)26-19-17(21)18(23-11-24-19)25-16-5-1-4-15-14(16)3-2-10-22-15/h1-11H,21H2,(H,23,24,25). The lowest BCUT2D eigenvalue weighted by molar-refractivity contribution is 1.06.